The number of rotatable bonds is 5. The van der Waals surface area contributed by atoms with Crippen LogP contribution in [-0.2, 0) is 22.6 Å². The average molecular weight is 338 g/mol. The Balaban J connectivity index is 1.50. The van der Waals surface area contributed by atoms with Gasteiger partial charge in [0, 0.05) is 44.6 Å². The number of carbonyl (C=O) groups excluding carboxylic acids is 2. The highest BCUT2D eigenvalue weighted by Crippen LogP contribution is 2.12. The van der Waals surface area contributed by atoms with Gasteiger partial charge in [-0.05, 0) is 18.9 Å². The van der Waals surface area contributed by atoms with Crippen LogP contribution in [0.25, 0.3) is 0 Å². The normalized spacial score (nSPS) is 14.7. The summed E-state index contributed by atoms with van der Waals surface area (Å²) >= 11 is 0. The molecule has 2 amide bonds. The van der Waals surface area contributed by atoms with Crippen molar-refractivity contribution in [3.63, 3.8) is 0 Å². The molecular formula is C19H22N4O2. The highest BCUT2D eigenvalue weighted by atomic mass is 16.2. The summed E-state index contributed by atoms with van der Waals surface area (Å²) < 4.78 is 0. The molecule has 0 N–H and O–H groups in total. The third kappa shape index (κ3) is 4.62. The lowest BCUT2D eigenvalue weighted by molar-refractivity contribution is -0.145. The van der Waals surface area contributed by atoms with Gasteiger partial charge >= 0.3 is 0 Å². The van der Waals surface area contributed by atoms with Gasteiger partial charge in [0.2, 0.25) is 11.8 Å². The molecule has 0 spiro atoms. The van der Waals surface area contributed by atoms with Gasteiger partial charge in [0.15, 0.2) is 0 Å². The molecule has 1 saturated heterocycles. The summed E-state index contributed by atoms with van der Waals surface area (Å²) in [6.45, 7) is 3.95. The lowest BCUT2D eigenvalue weighted by Gasteiger charge is -2.34. The van der Waals surface area contributed by atoms with Crippen LogP contribution >= 0.6 is 0 Å². The Labute approximate surface area is 147 Å². The van der Waals surface area contributed by atoms with Gasteiger partial charge in [-0.3, -0.25) is 19.6 Å². The number of nitrogens with zero attached hydrogens (tertiary/aromatic N) is 4. The summed E-state index contributed by atoms with van der Waals surface area (Å²) in [4.78, 5) is 36.3. The van der Waals surface area contributed by atoms with Crippen LogP contribution in [0.3, 0.4) is 0 Å². The van der Waals surface area contributed by atoms with Crippen LogP contribution in [0.15, 0.2) is 42.9 Å². The maximum atomic E-state index is 12.4. The second-order valence-electron chi connectivity index (χ2n) is 6.31. The minimum Gasteiger partial charge on any atom is -0.335 e. The fraction of sp³-hybridized carbons (Fsp3) is 0.368. The van der Waals surface area contributed by atoms with E-state index in [1.54, 1.807) is 23.5 Å². The molecule has 0 atom stereocenters. The number of hydrogen-bond donors (Lipinski definition) is 0. The van der Waals surface area contributed by atoms with Crippen molar-refractivity contribution in [3.8, 4) is 0 Å². The zero-order valence-corrected chi connectivity index (χ0v) is 14.4. The Kier molecular flexibility index (Phi) is 5.38. The first-order valence-corrected chi connectivity index (χ1v) is 8.48. The van der Waals surface area contributed by atoms with E-state index < -0.39 is 0 Å². The molecule has 0 unspecified atom stereocenters. The van der Waals surface area contributed by atoms with Crippen LogP contribution in [0.1, 0.15) is 23.2 Å². The number of carbonyl (C=O) groups is 2. The third-order valence-electron chi connectivity index (χ3n) is 4.38. The zero-order chi connectivity index (χ0) is 17.6. The third-order valence-corrected chi connectivity index (χ3v) is 4.38. The topological polar surface area (TPSA) is 66.4 Å². The molecule has 0 aliphatic carbocycles. The van der Waals surface area contributed by atoms with Crippen molar-refractivity contribution in [2.24, 2.45) is 0 Å². The number of aromatic nitrogens is 2. The van der Waals surface area contributed by atoms with Crippen LogP contribution < -0.4 is 0 Å². The molecule has 130 valence electrons. The predicted molar refractivity (Wildman–Crippen MR) is 93.5 cm³/mol. The number of aryl methyl sites for hydroxylation is 2. The summed E-state index contributed by atoms with van der Waals surface area (Å²) in [6, 6.07) is 8.18. The first-order valence-electron chi connectivity index (χ1n) is 8.48. The maximum absolute atomic E-state index is 12.4. The molecule has 2 aromatic rings. The summed E-state index contributed by atoms with van der Waals surface area (Å²) in [7, 11) is 0. The van der Waals surface area contributed by atoms with E-state index in [9.17, 15) is 9.59 Å². The molecule has 1 fully saturated rings. The Morgan fingerprint density at radius 2 is 1.96 bits per heavy atom. The zero-order valence-electron chi connectivity index (χ0n) is 14.4. The molecule has 6 nitrogen and oxygen atoms in total. The van der Waals surface area contributed by atoms with Crippen LogP contribution in [0, 0.1) is 6.92 Å². The second-order valence-corrected chi connectivity index (χ2v) is 6.31. The van der Waals surface area contributed by atoms with Crippen molar-refractivity contribution >= 4 is 11.8 Å². The first kappa shape index (κ1) is 17.1. The van der Waals surface area contributed by atoms with Gasteiger partial charge in [-0.2, -0.15) is 0 Å². The molecule has 1 aliphatic rings. The van der Waals surface area contributed by atoms with Gasteiger partial charge in [0.05, 0.1) is 12.2 Å². The van der Waals surface area contributed by atoms with Crippen molar-refractivity contribution in [3.05, 3.63) is 59.7 Å². The Bertz CT molecular complexity index is 731. The molecule has 0 saturated carbocycles. The van der Waals surface area contributed by atoms with Gasteiger partial charge in [-0.1, -0.05) is 29.8 Å². The van der Waals surface area contributed by atoms with E-state index in [0.717, 1.165) is 11.3 Å². The molecule has 1 aliphatic heterocycles. The summed E-state index contributed by atoms with van der Waals surface area (Å²) in [5, 5.41) is 0. The molecule has 1 aromatic carbocycles. The minimum absolute atomic E-state index is 0.000298. The van der Waals surface area contributed by atoms with Crippen molar-refractivity contribution < 1.29 is 9.59 Å². The number of amides is 2. The lowest BCUT2D eigenvalue weighted by atomic mass is 10.1. The summed E-state index contributed by atoms with van der Waals surface area (Å²) in [6.07, 6.45) is 5.79. The van der Waals surface area contributed by atoms with Crippen molar-refractivity contribution in [1.29, 1.82) is 0 Å². The highest BCUT2D eigenvalue weighted by molar-refractivity contribution is 5.86. The van der Waals surface area contributed by atoms with Crippen LogP contribution in [0.4, 0.5) is 0 Å². The quantitative estimate of drug-likeness (QED) is 0.830. The minimum atomic E-state index is -0.00557. The smallest absolute Gasteiger partial charge is 0.242 e. The van der Waals surface area contributed by atoms with E-state index in [4.69, 9.17) is 0 Å². The average Bonchev–Trinajstić information content (AvgIpc) is 2.64. The predicted octanol–water partition coefficient (Wildman–Crippen LogP) is 1.59. The van der Waals surface area contributed by atoms with E-state index in [1.165, 1.54) is 5.56 Å². The molecule has 2 heterocycles. The molecular weight excluding hydrogens is 316 g/mol. The van der Waals surface area contributed by atoms with Crippen molar-refractivity contribution in [1.82, 2.24) is 19.8 Å². The molecule has 3 rings (SSSR count). The standard InChI is InChI=1S/C19H22N4O2/c1-15-2-4-16(5-3-15)13-22-10-11-23(14-19(22)25)18(24)7-6-17-12-20-8-9-21-17/h2-5,8-9,12H,6-7,10-11,13-14H2,1H3. The van der Waals surface area contributed by atoms with E-state index in [-0.39, 0.29) is 18.4 Å². The highest BCUT2D eigenvalue weighted by Gasteiger charge is 2.26. The molecule has 0 radical (unpaired) electrons. The molecule has 25 heavy (non-hydrogen) atoms. The second kappa shape index (κ2) is 7.88. The van der Waals surface area contributed by atoms with E-state index in [1.807, 2.05) is 36.1 Å². The van der Waals surface area contributed by atoms with Gasteiger partial charge in [-0.25, -0.2) is 0 Å². The number of hydrogen-bond acceptors (Lipinski definition) is 4. The van der Waals surface area contributed by atoms with E-state index in [2.05, 4.69) is 9.97 Å². The SMILES string of the molecule is Cc1ccc(CN2CCN(C(=O)CCc3cnccn3)CC2=O)cc1. The number of benzene rings is 1. The van der Waals surface area contributed by atoms with Gasteiger partial charge in [-0.15, -0.1) is 0 Å². The van der Waals surface area contributed by atoms with Crippen molar-refractivity contribution in [2.75, 3.05) is 19.6 Å². The first-order chi connectivity index (χ1) is 12.1. The van der Waals surface area contributed by atoms with Crippen LogP contribution in [-0.4, -0.2) is 51.2 Å². The fourth-order valence-electron chi connectivity index (χ4n) is 2.85. The monoisotopic (exact) mass is 338 g/mol. The van der Waals surface area contributed by atoms with Gasteiger partial charge in [0.25, 0.3) is 0 Å². The molecule has 1 aromatic heterocycles. The molecule has 0 bridgehead atoms. The summed E-state index contributed by atoms with van der Waals surface area (Å²) in [5.74, 6) is -0.00586. The number of piperazine rings is 1. The van der Waals surface area contributed by atoms with Gasteiger partial charge in [0.1, 0.15) is 0 Å². The maximum Gasteiger partial charge on any atom is 0.242 e. The van der Waals surface area contributed by atoms with Crippen molar-refractivity contribution in [2.45, 2.75) is 26.3 Å². The fourth-order valence-corrected chi connectivity index (χ4v) is 2.85. The Hall–Kier alpha value is -2.76. The van der Waals surface area contributed by atoms with E-state index >= 15 is 0 Å². The van der Waals surface area contributed by atoms with Gasteiger partial charge < -0.3 is 9.80 Å². The van der Waals surface area contributed by atoms with Crippen LogP contribution in [0.5, 0.6) is 0 Å². The van der Waals surface area contributed by atoms with E-state index in [0.29, 0.717) is 32.5 Å². The lowest BCUT2D eigenvalue weighted by Crippen LogP contribution is -2.51. The Morgan fingerprint density at radius 1 is 1.16 bits per heavy atom. The largest absolute Gasteiger partial charge is 0.335 e. The Morgan fingerprint density at radius 3 is 2.64 bits per heavy atom. The molecule has 6 heteroatoms. The summed E-state index contributed by atoms with van der Waals surface area (Å²) in [5.41, 5.74) is 3.11. The van der Waals surface area contributed by atoms with Crippen LogP contribution in [0.2, 0.25) is 0 Å².